The first-order valence-electron chi connectivity index (χ1n) is 15.0. The summed E-state index contributed by atoms with van der Waals surface area (Å²) < 4.78 is 9.13. The number of hydrogen-bond donors (Lipinski definition) is 0. The molecular formula is C38H37N3O. The minimum absolute atomic E-state index is 0.127. The first-order chi connectivity index (χ1) is 20.1. The van der Waals surface area contributed by atoms with Gasteiger partial charge in [0.1, 0.15) is 22.5 Å². The molecule has 7 aromatic rings. The fraction of sp³-hybridized carbons (Fsp3) is 0.263. The minimum Gasteiger partial charge on any atom is -0.455 e. The van der Waals surface area contributed by atoms with Crippen LogP contribution in [0.25, 0.3) is 60.8 Å². The normalized spacial score (nSPS) is 12.6. The van der Waals surface area contributed by atoms with Crippen LogP contribution in [0.2, 0.25) is 0 Å². The number of benzene rings is 4. The molecule has 4 heteroatoms. The number of fused-ring (bicyclic) bond motifs is 5. The summed E-state index contributed by atoms with van der Waals surface area (Å²) in [4.78, 5) is 10.0. The van der Waals surface area contributed by atoms with Gasteiger partial charge in [-0.25, -0.2) is 4.98 Å². The van der Waals surface area contributed by atoms with Gasteiger partial charge in [-0.2, -0.15) is 0 Å². The summed E-state index contributed by atoms with van der Waals surface area (Å²) in [5.74, 6) is 1.55. The zero-order valence-corrected chi connectivity index (χ0v) is 25.5. The maximum atomic E-state index is 6.72. The molecule has 0 unspecified atom stereocenters. The lowest BCUT2D eigenvalue weighted by Crippen LogP contribution is -2.15. The number of aromatic nitrogens is 3. The average molecular weight is 552 g/mol. The molecule has 0 aliphatic rings. The van der Waals surface area contributed by atoms with Gasteiger partial charge in [-0.3, -0.25) is 9.55 Å². The molecule has 0 amide bonds. The molecule has 3 aromatic heterocycles. The van der Waals surface area contributed by atoms with Crippen molar-refractivity contribution in [3.63, 3.8) is 0 Å². The number of rotatable bonds is 4. The molecule has 4 nitrogen and oxygen atoms in total. The molecule has 0 saturated carbocycles. The molecule has 0 atom stereocenters. The van der Waals surface area contributed by atoms with Gasteiger partial charge in [-0.15, -0.1) is 0 Å². The highest BCUT2D eigenvalue weighted by molar-refractivity contribution is 6.13. The van der Waals surface area contributed by atoms with Crippen molar-refractivity contribution in [2.45, 2.75) is 65.7 Å². The van der Waals surface area contributed by atoms with Crippen molar-refractivity contribution < 1.29 is 4.42 Å². The third kappa shape index (κ3) is 4.04. The van der Waals surface area contributed by atoms with Crippen LogP contribution in [0.4, 0.5) is 0 Å². The molecule has 0 N–H and O–H groups in total. The van der Waals surface area contributed by atoms with E-state index in [9.17, 15) is 0 Å². The molecule has 0 radical (unpaired) electrons. The summed E-state index contributed by atoms with van der Waals surface area (Å²) in [6.45, 7) is 15.9. The van der Waals surface area contributed by atoms with E-state index >= 15 is 0 Å². The van der Waals surface area contributed by atoms with Crippen LogP contribution in [0.5, 0.6) is 0 Å². The largest absolute Gasteiger partial charge is 0.455 e. The van der Waals surface area contributed by atoms with Crippen molar-refractivity contribution in [2.24, 2.45) is 0 Å². The Morgan fingerprint density at radius 1 is 0.738 bits per heavy atom. The second kappa shape index (κ2) is 9.55. The molecule has 0 spiro atoms. The lowest BCUT2D eigenvalue weighted by Gasteiger charge is -2.25. The predicted octanol–water partition coefficient (Wildman–Crippen LogP) is 10.7. The van der Waals surface area contributed by atoms with Crippen LogP contribution in [0.15, 0.2) is 89.6 Å². The van der Waals surface area contributed by atoms with E-state index in [1.807, 2.05) is 12.4 Å². The van der Waals surface area contributed by atoms with Crippen molar-refractivity contribution in [3.8, 4) is 17.1 Å². The molecule has 0 bridgehead atoms. The summed E-state index contributed by atoms with van der Waals surface area (Å²) in [6, 6.07) is 26.0. The minimum atomic E-state index is -0.127. The summed E-state index contributed by atoms with van der Waals surface area (Å²) >= 11 is 0. The SMILES string of the molecule is CC(C)c1cccc(C(C)C)c1-n1c(-c2cccc3c2oc2cc4ccccc4cc23)nc2cncc(C(C)(C)C)c21. The van der Waals surface area contributed by atoms with Crippen LogP contribution in [-0.4, -0.2) is 14.5 Å². The zero-order valence-electron chi connectivity index (χ0n) is 25.5. The van der Waals surface area contributed by atoms with Crippen LogP contribution in [0.1, 0.15) is 77.0 Å². The van der Waals surface area contributed by atoms with Crippen molar-refractivity contribution in [1.82, 2.24) is 14.5 Å². The van der Waals surface area contributed by atoms with E-state index in [-0.39, 0.29) is 5.41 Å². The summed E-state index contributed by atoms with van der Waals surface area (Å²) in [5, 5.41) is 4.60. The van der Waals surface area contributed by atoms with E-state index in [1.165, 1.54) is 33.2 Å². The quantitative estimate of drug-likeness (QED) is 0.218. The highest BCUT2D eigenvalue weighted by Gasteiger charge is 2.28. The fourth-order valence-corrected chi connectivity index (χ4v) is 6.41. The number of hydrogen-bond acceptors (Lipinski definition) is 3. The Morgan fingerprint density at radius 2 is 1.40 bits per heavy atom. The van der Waals surface area contributed by atoms with E-state index < -0.39 is 0 Å². The Hall–Kier alpha value is -4.44. The molecular weight excluding hydrogens is 514 g/mol. The van der Waals surface area contributed by atoms with Crippen LogP contribution >= 0.6 is 0 Å². The third-order valence-electron chi connectivity index (χ3n) is 8.54. The van der Waals surface area contributed by atoms with E-state index in [0.29, 0.717) is 11.8 Å². The molecule has 4 aromatic carbocycles. The predicted molar refractivity (Wildman–Crippen MR) is 176 cm³/mol. The van der Waals surface area contributed by atoms with Crippen molar-refractivity contribution in [1.29, 1.82) is 0 Å². The van der Waals surface area contributed by atoms with Gasteiger partial charge >= 0.3 is 0 Å². The zero-order chi connectivity index (χ0) is 29.3. The number of pyridine rings is 1. The highest BCUT2D eigenvalue weighted by Crippen LogP contribution is 2.43. The topological polar surface area (TPSA) is 43.9 Å². The van der Waals surface area contributed by atoms with Gasteiger partial charge < -0.3 is 4.42 Å². The molecule has 3 heterocycles. The third-order valence-corrected chi connectivity index (χ3v) is 8.54. The van der Waals surface area contributed by atoms with Gasteiger partial charge in [0, 0.05) is 22.5 Å². The number of furan rings is 1. The summed E-state index contributed by atoms with van der Waals surface area (Å²) in [7, 11) is 0. The van der Waals surface area contributed by atoms with Gasteiger partial charge in [0.25, 0.3) is 0 Å². The molecule has 0 saturated heterocycles. The summed E-state index contributed by atoms with van der Waals surface area (Å²) in [5.41, 5.74) is 9.62. The number of para-hydroxylation sites is 2. The Balaban J connectivity index is 1.65. The molecule has 0 aliphatic heterocycles. The Labute approximate surface area is 247 Å². The molecule has 42 heavy (non-hydrogen) atoms. The lowest BCUT2D eigenvalue weighted by atomic mass is 9.87. The van der Waals surface area contributed by atoms with Crippen LogP contribution < -0.4 is 0 Å². The van der Waals surface area contributed by atoms with Crippen LogP contribution in [0.3, 0.4) is 0 Å². The van der Waals surface area contributed by atoms with E-state index in [2.05, 4.69) is 131 Å². The Kier molecular flexibility index (Phi) is 6.02. The highest BCUT2D eigenvalue weighted by atomic mass is 16.3. The second-order valence-electron chi connectivity index (χ2n) is 13.1. The molecule has 210 valence electrons. The molecule has 0 fully saturated rings. The van der Waals surface area contributed by atoms with Gasteiger partial charge in [0.15, 0.2) is 0 Å². The Morgan fingerprint density at radius 3 is 2.07 bits per heavy atom. The van der Waals surface area contributed by atoms with E-state index in [4.69, 9.17) is 9.40 Å². The first-order valence-corrected chi connectivity index (χ1v) is 15.0. The maximum Gasteiger partial charge on any atom is 0.149 e. The average Bonchev–Trinajstić information content (AvgIpc) is 3.52. The van der Waals surface area contributed by atoms with Crippen molar-refractivity contribution in [3.05, 3.63) is 102 Å². The van der Waals surface area contributed by atoms with Crippen LogP contribution in [-0.2, 0) is 5.41 Å². The number of nitrogens with zero attached hydrogens (tertiary/aromatic N) is 3. The lowest BCUT2D eigenvalue weighted by molar-refractivity contribution is 0.591. The van der Waals surface area contributed by atoms with Gasteiger partial charge in [-0.05, 0) is 57.3 Å². The summed E-state index contributed by atoms with van der Waals surface area (Å²) in [6.07, 6.45) is 3.92. The van der Waals surface area contributed by atoms with Crippen LogP contribution in [0, 0.1) is 0 Å². The van der Waals surface area contributed by atoms with Gasteiger partial charge in [0.05, 0.1) is 23.0 Å². The second-order valence-corrected chi connectivity index (χ2v) is 13.1. The van der Waals surface area contributed by atoms with Crippen molar-refractivity contribution in [2.75, 3.05) is 0 Å². The maximum absolute atomic E-state index is 6.72. The molecule has 0 aliphatic carbocycles. The monoisotopic (exact) mass is 551 g/mol. The Bertz CT molecular complexity index is 2110. The standard InChI is InChI=1S/C38H37N3O/c1-22(2)26-14-10-15-27(23(3)4)34(26)41-35-31(38(5,6)7)20-39-21-32(35)40-37(41)29-17-11-16-28-30-18-24-12-8-9-13-25(24)19-33(30)42-36(28)29/h8-23H,1-7H3. The first kappa shape index (κ1) is 26.5. The fourth-order valence-electron chi connectivity index (χ4n) is 6.41. The van der Waals surface area contributed by atoms with Gasteiger partial charge in [-0.1, -0.05) is 103 Å². The van der Waals surface area contributed by atoms with E-state index in [1.54, 1.807) is 0 Å². The molecule has 7 rings (SSSR count). The smallest absolute Gasteiger partial charge is 0.149 e. The van der Waals surface area contributed by atoms with E-state index in [0.717, 1.165) is 44.4 Å². The number of imidazole rings is 1. The van der Waals surface area contributed by atoms with Crippen molar-refractivity contribution >= 4 is 43.7 Å². The van der Waals surface area contributed by atoms with Gasteiger partial charge in [0.2, 0.25) is 0 Å².